The first-order chi connectivity index (χ1) is 8.81. The van der Waals surface area contributed by atoms with E-state index >= 15 is 0 Å². The zero-order valence-electron chi connectivity index (χ0n) is 10.3. The van der Waals surface area contributed by atoms with Gasteiger partial charge in [0.1, 0.15) is 6.04 Å². The fourth-order valence-corrected chi connectivity index (χ4v) is 1.43. The van der Waals surface area contributed by atoms with E-state index in [0.29, 0.717) is 5.56 Å². The molecule has 0 bridgehead atoms. The zero-order valence-corrected chi connectivity index (χ0v) is 10.3. The third kappa shape index (κ3) is 4.14. The van der Waals surface area contributed by atoms with E-state index in [1.54, 1.807) is 0 Å². The molecule has 0 aromatic heterocycles. The Kier molecular flexibility index (Phi) is 4.71. The van der Waals surface area contributed by atoms with E-state index in [4.69, 9.17) is 15.9 Å². The van der Waals surface area contributed by atoms with Crippen LogP contribution in [-0.2, 0) is 16.0 Å². The maximum atomic E-state index is 11.4. The van der Waals surface area contributed by atoms with Crippen LogP contribution in [0.15, 0.2) is 18.2 Å². The van der Waals surface area contributed by atoms with Crippen molar-refractivity contribution in [3.63, 3.8) is 0 Å². The largest absolute Gasteiger partial charge is 0.504 e. The Bertz CT molecular complexity index is 487. The van der Waals surface area contributed by atoms with Crippen LogP contribution in [0.4, 0.5) is 0 Å². The van der Waals surface area contributed by atoms with Gasteiger partial charge in [-0.15, -0.1) is 0 Å². The Hall–Kier alpha value is -2.28. The third-order valence-corrected chi connectivity index (χ3v) is 2.51. The van der Waals surface area contributed by atoms with Crippen molar-refractivity contribution in [2.45, 2.75) is 25.4 Å². The molecule has 0 saturated carbocycles. The van der Waals surface area contributed by atoms with E-state index in [1.807, 2.05) is 0 Å². The van der Waals surface area contributed by atoms with Crippen molar-refractivity contribution in [3.8, 4) is 11.5 Å². The number of hydrogen-bond acceptors (Lipinski definition) is 5. The first-order valence-electron chi connectivity index (χ1n) is 5.61. The lowest BCUT2D eigenvalue weighted by Gasteiger charge is -2.16. The maximum Gasteiger partial charge on any atom is 0.326 e. The molecule has 0 radical (unpaired) electrons. The number of carboxylic acids is 1. The number of phenols is 2. The number of benzene rings is 1. The summed E-state index contributed by atoms with van der Waals surface area (Å²) in [5.74, 6) is -2.42. The topological polar surface area (TPSA) is 133 Å². The number of carboxylic acid groups (broad SMARTS) is 1. The first-order valence-corrected chi connectivity index (χ1v) is 5.61. The minimum absolute atomic E-state index is 0.0262. The Balaban J connectivity index is 2.81. The number of carbonyl (C=O) groups excluding carboxylic acids is 1. The number of aliphatic carboxylic acids is 1. The standard InChI is InChI=1S/C12H16N2O5/c1-6(13)11(17)14-8(12(18)19)4-7-2-3-9(15)10(16)5-7/h2-3,5-6,8,15-16H,4,13H2,1H3,(H,14,17)(H,18,19). The van der Waals surface area contributed by atoms with Crippen LogP contribution in [0, 0.1) is 0 Å². The average molecular weight is 268 g/mol. The summed E-state index contributed by atoms with van der Waals surface area (Å²) >= 11 is 0. The number of hydrogen-bond donors (Lipinski definition) is 5. The van der Waals surface area contributed by atoms with Crippen LogP contribution in [0.3, 0.4) is 0 Å². The molecule has 0 aliphatic heterocycles. The van der Waals surface area contributed by atoms with Gasteiger partial charge in [0.2, 0.25) is 5.91 Å². The SMILES string of the molecule is CC(N)C(=O)NC(Cc1ccc(O)c(O)c1)C(=O)O. The van der Waals surface area contributed by atoms with Gasteiger partial charge in [0.05, 0.1) is 6.04 Å². The summed E-state index contributed by atoms with van der Waals surface area (Å²) in [5, 5.41) is 29.8. The lowest BCUT2D eigenvalue weighted by atomic mass is 10.0. The summed E-state index contributed by atoms with van der Waals surface area (Å²) in [4.78, 5) is 22.4. The highest BCUT2D eigenvalue weighted by Crippen LogP contribution is 2.25. The van der Waals surface area contributed by atoms with E-state index in [2.05, 4.69) is 5.32 Å². The van der Waals surface area contributed by atoms with Crippen LogP contribution in [0.2, 0.25) is 0 Å². The quantitative estimate of drug-likeness (QED) is 0.460. The molecule has 0 aliphatic carbocycles. The number of phenolic OH excluding ortho intramolecular Hbond substituents is 2. The number of amides is 1. The summed E-state index contributed by atoms with van der Waals surface area (Å²) in [6, 6.07) is 1.99. The van der Waals surface area contributed by atoms with Crippen molar-refractivity contribution >= 4 is 11.9 Å². The molecule has 7 heteroatoms. The molecule has 0 heterocycles. The average Bonchev–Trinajstić information content (AvgIpc) is 2.32. The normalized spacial score (nSPS) is 13.6. The molecule has 1 aromatic carbocycles. The van der Waals surface area contributed by atoms with Crippen LogP contribution in [-0.4, -0.2) is 39.3 Å². The van der Waals surface area contributed by atoms with Crippen molar-refractivity contribution in [3.05, 3.63) is 23.8 Å². The van der Waals surface area contributed by atoms with E-state index in [1.165, 1.54) is 25.1 Å². The molecule has 6 N–H and O–H groups in total. The molecule has 2 atom stereocenters. The van der Waals surface area contributed by atoms with E-state index in [-0.39, 0.29) is 17.9 Å². The fraction of sp³-hybridized carbons (Fsp3) is 0.333. The van der Waals surface area contributed by atoms with Gasteiger partial charge < -0.3 is 26.4 Å². The predicted octanol–water partition coefficient (Wildman–Crippen LogP) is -0.443. The molecular formula is C12H16N2O5. The van der Waals surface area contributed by atoms with E-state index in [9.17, 15) is 14.7 Å². The molecule has 2 unspecified atom stereocenters. The minimum Gasteiger partial charge on any atom is -0.504 e. The van der Waals surface area contributed by atoms with Gasteiger partial charge in [-0.05, 0) is 24.6 Å². The molecule has 1 amide bonds. The van der Waals surface area contributed by atoms with Crippen LogP contribution in [0.1, 0.15) is 12.5 Å². The Labute approximate surface area is 109 Å². The number of carbonyl (C=O) groups is 2. The lowest BCUT2D eigenvalue weighted by molar-refractivity contribution is -0.141. The van der Waals surface area contributed by atoms with Gasteiger partial charge in [-0.3, -0.25) is 4.79 Å². The molecule has 1 aromatic rings. The van der Waals surface area contributed by atoms with Crippen molar-refractivity contribution in [1.82, 2.24) is 5.32 Å². The molecule has 0 spiro atoms. The van der Waals surface area contributed by atoms with Gasteiger partial charge in [-0.25, -0.2) is 4.79 Å². The first kappa shape index (κ1) is 14.8. The van der Waals surface area contributed by atoms with Crippen molar-refractivity contribution in [2.75, 3.05) is 0 Å². The fourth-order valence-electron chi connectivity index (χ4n) is 1.43. The van der Waals surface area contributed by atoms with Gasteiger partial charge in [-0.2, -0.15) is 0 Å². The highest BCUT2D eigenvalue weighted by atomic mass is 16.4. The van der Waals surface area contributed by atoms with Crippen LogP contribution < -0.4 is 11.1 Å². The molecule has 0 aliphatic rings. The zero-order chi connectivity index (χ0) is 14.6. The Morgan fingerprint density at radius 2 is 1.95 bits per heavy atom. The Morgan fingerprint density at radius 1 is 1.32 bits per heavy atom. The molecule has 0 fully saturated rings. The van der Waals surface area contributed by atoms with Crippen molar-refractivity contribution in [2.24, 2.45) is 5.73 Å². The maximum absolute atomic E-state index is 11.4. The van der Waals surface area contributed by atoms with Gasteiger partial charge in [0.25, 0.3) is 0 Å². The summed E-state index contributed by atoms with van der Waals surface area (Å²) < 4.78 is 0. The minimum atomic E-state index is -1.21. The summed E-state index contributed by atoms with van der Waals surface area (Å²) in [5.41, 5.74) is 5.81. The molecule has 1 rings (SSSR count). The highest BCUT2D eigenvalue weighted by molar-refractivity contribution is 5.86. The van der Waals surface area contributed by atoms with Gasteiger partial charge in [0, 0.05) is 6.42 Å². The molecule has 19 heavy (non-hydrogen) atoms. The van der Waals surface area contributed by atoms with Crippen LogP contribution in [0.25, 0.3) is 0 Å². The van der Waals surface area contributed by atoms with Gasteiger partial charge in [0.15, 0.2) is 11.5 Å². The summed E-state index contributed by atoms with van der Waals surface area (Å²) in [7, 11) is 0. The second-order valence-corrected chi connectivity index (χ2v) is 4.22. The molecular weight excluding hydrogens is 252 g/mol. The Morgan fingerprint density at radius 3 is 2.42 bits per heavy atom. The number of aromatic hydroxyl groups is 2. The van der Waals surface area contributed by atoms with Crippen molar-refractivity contribution < 1.29 is 24.9 Å². The molecule has 7 nitrogen and oxygen atoms in total. The third-order valence-electron chi connectivity index (χ3n) is 2.51. The highest BCUT2D eigenvalue weighted by Gasteiger charge is 2.22. The second-order valence-electron chi connectivity index (χ2n) is 4.22. The summed E-state index contributed by atoms with van der Waals surface area (Å²) in [6.45, 7) is 1.45. The monoisotopic (exact) mass is 268 g/mol. The molecule has 104 valence electrons. The predicted molar refractivity (Wildman–Crippen MR) is 66.7 cm³/mol. The summed E-state index contributed by atoms with van der Waals surface area (Å²) in [6.07, 6.45) is -0.0262. The van der Waals surface area contributed by atoms with E-state index in [0.717, 1.165) is 0 Å². The van der Waals surface area contributed by atoms with Crippen LogP contribution >= 0.6 is 0 Å². The van der Waals surface area contributed by atoms with E-state index < -0.39 is 24.0 Å². The smallest absolute Gasteiger partial charge is 0.326 e. The van der Waals surface area contributed by atoms with Crippen molar-refractivity contribution in [1.29, 1.82) is 0 Å². The second kappa shape index (κ2) is 6.05. The number of nitrogens with two attached hydrogens (primary N) is 1. The molecule has 0 saturated heterocycles. The lowest BCUT2D eigenvalue weighted by Crippen LogP contribution is -2.48. The van der Waals surface area contributed by atoms with Crippen LogP contribution in [0.5, 0.6) is 11.5 Å². The van der Waals surface area contributed by atoms with Gasteiger partial charge in [-0.1, -0.05) is 6.07 Å². The number of nitrogens with one attached hydrogen (secondary N) is 1. The number of rotatable bonds is 5. The van der Waals surface area contributed by atoms with Gasteiger partial charge >= 0.3 is 5.97 Å².